The van der Waals surface area contributed by atoms with Gasteiger partial charge in [0.15, 0.2) is 9.84 Å². The third kappa shape index (κ3) is 4.24. The van der Waals surface area contributed by atoms with E-state index in [2.05, 4.69) is 16.0 Å². The normalized spacial score (nSPS) is 26.6. The fraction of sp³-hybridized carbons (Fsp3) is 0.500. The highest BCUT2D eigenvalue weighted by atomic mass is 35.5. The van der Waals surface area contributed by atoms with Crippen LogP contribution in [0.4, 0.5) is 10.5 Å². The number of halogens is 1. The predicted octanol–water partition coefficient (Wildman–Crippen LogP) is 1.69. The predicted molar refractivity (Wildman–Crippen MR) is 95.4 cm³/mol. The molecule has 2 saturated heterocycles. The number of anilines is 1. The highest BCUT2D eigenvalue weighted by Gasteiger charge is 2.51. The van der Waals surface area contributed by atoms with E-state index in [0.29, 0.717) is 36.4 Å². The molecule has 3 N–H and O–H groups in total. The molecule has 2 fully saturated rings. The molecule has 0 radical (unpaired) electrons. The summed E-state index contributed by atoms with van der Waals surface area (Å²) < 4.78 is 24.4. The lowest BCUT2D eigenvalue weighted by molar-refractivity contribution is -0.116. The Morgan fingerprint density at radius 2 is 1.92 bits per heavy atom. The smallest absolute Gasteiger partial charge is 0.315 e. The van der Waals surface area contributed by atoms with Gasteiger partial charge < -0.3 is 16.0 Å². The van der Waals surface area contributed by atoms with E-state index in [1.165, 1.54) is 0 Å². The lowest BCUT2D eigenvalue weighted by atomic mass is 10.0. The van der Waals surface area contributed by atoms with Crippen LogP contribution in [0.3, 0.4) is 0 Å². The fourth-order valence-electron chi connectivity index (χ4n) is 3.39. The fourth-order valence-corrected chi connectivity index (χ4v) is 5.79. The van der Waals surface area contributed by atoms with Crippen molar-refractivity contribution in [2.75, 3.05) is 11.1 Å². The van der Waals surface area contributed by atoms with Gasteiger partial charge in [-0.05, 0) is 37.1 Å². The number of carbonyl (C=O) groups excluding carboxylic acids is 2. The first-order chi connectivity index (χ1) is 11.8. The molecule has 25 heavy (non-hydrogen) atoms. The van der Waals surface area contributed by atoms with Gasteiger partial charge in [-0.25, -0.2) is 13.2 Å². The number of nitrogens with one attached hydrogen (secondary N) is 3. The number of amides is 3. The molecule has 3 unspecified atom stereocenters. The molecular formula is C16H20ClN3O4S. The summed E-state index contributed by atoms with van der Waals surface area (Å²) in [6, 6.07) is 5.83. The van der Waals surface area contributed by atoms with Crippen LogP contribution in [-0.4, -0.2) is 43.4 Å². The van der Waals surface area contributed by atoms with Crippen molar-refractivity contribution in [1.29, 1.82) is 0 Å². The van der Waals surface area contributed by atoms with Gasteiger partial charge in [-0.3, -0.25) is 4.79 Å². The van der Waals surface area contributed by atoms with E-state index >= 15 is 0 Å². The van der Waals surface area contributed by atoms with Crippen molar-refractivity contribution in [1.82, 2.24) is 10.6 Å². The maximum atomic E-state index is 12.2. The molecule has 0 aromatic heterocycles. The summed E-state index contributed by atoms with van der Waals surface area (Å²) in [4.78, 5) is 23.3. The summed E-state index contributed by atoms with van der Waals surface area (Å²) in [5, 5.41) is 8.13. The highest BCUT2D eigenvalue weighted by Crippen LogP contribution is 2.28. The highest BCUT2D eigenvalue weighted by molar-refractivity contribution is 7.92. The maximum absolute atomic E-state index is 12.2. The average Bonchev–Trinajstić information content (AvgIpc) is 2.98. The molecule has 3 atom stereocenters. The SMILES string of the molecule is O=C(CCCCC1C2NC(=O)NC2CS1(=O)=O)Nc1ccc(Cl)cc1. The van der Waals surface area contributed by atoms with Crippen molar-refractivity contribution in [3.05, 3.63) is 29.3 Å². The molecule has 0 aliphatic carbocycles. The molecule has 7 nitrogen and oxygen atoms in total. The van der Waals surface area contributed by atoms with Crippen LogP contribution in [0.2, 0.25) is 5.02 Å². The summed E-state index contributed by atoms with van der Waals surface area (Å²) in [5.41, 5.74) is 0.676. The van der Waals surface area contributed by atoms with Gasteiger partial charge in [0.05, 0.1) is 23.1 Å². The van der Waals surface area contributed by atoms with Gasteiger partial charge in [-0.15, -0.1) is 0 Å². The molecule has 1 aromatic carbocycles. The third-order valence-electron chi connectivity index (χ3n) is 4.59. The third-order valence-corrected chi connectivity index (χ3v) is 7.12. The molecular weight excluding hydrogens is 366 g/mol. The summed E-state index contributed by atoms with van der Waals surface area (Å²) in [5.74, 6) is -0.136. The monoisotopic (exact) mass is 385 g/mol. The molecule has 9 heteroatoms. The number of rotatable bonds is 6. The first-order valence-corrected chi connectivity index (χ1v) is 10.3. The number of hydrogen-bond acceptors (Lipinski definition) is 4. The Labute approximate surface area is 151 Å². The van der Waals surface area contributed by atoms with E-state index in [4.69, 9.17) is 11.6 Å². The zero-order valence-electron chi connectivity index (χ0n) is 13.5. The summed E-state index contributed by atoms with van der Waals surface area (Å²) >= 11 is 5.79. The summed E-state index contributed by atoms with van der Waals surface area (Å²) in [6.45, 7) is 0. The quantitative estimate of drug-likeness (QED) is 0.512. The van der Waals surface area contributed by atoms with E-state index in [0.717, 1.165) is 0 Å². The number of hydrogen-bond donors (Lipinski definition) is 3. The first kappa shape index (κ1) is 18.0. The Morgan fingerprint density at radius 3 is 2.64 bits per heavy atom. The molecule has 2 heterocycles. The van der Waals surface area contributed by atoms with Crippen LogP contribution in [0.15, 0.2) is 24.3 Å². The number of unbranched alkanes of at least 4 members (excludes halogenated alkanes) is 1. The zero-order chi connectivity index (χ0) is 18.0. The van der Waals surface area contributed by atoms with Crippen LogP contribution in [0.5, 0.6) is 0 Å². The Morgan fingerprint density at radius 1 is 1.20 bits per heavy atom. The van der Waals surface area contributed by atoms with E-state index in [-0.39, 0.29) is 29.8 Å². The van der Waals surface area contributed by atoms with Crippen molar-refractivity contribution in [3.8, 4) is 0 Å². The largest absolute Gasteiger partial charge is 0.332 e. The van der Waals surface area contributed by atoms with Gasteiger partial charge in [-0.2, -0.15) is 0 Å². The second-order valence-electron chi connectivity index (χ2n) is 6.42. The van der Waals surface area contributed by atoms with Crippen LogP contribution in [-0.2, 0) is 14.6 Å². The Hall–Kier alpha value is -1.80. The second kappa shape index (κ2) is 7.21. The van der Waals surface area contributed by atoms with E-state index in [1.807, 2.05) is 0 Å². The van der Waals surface area contributed by atoms with Gasteiger partial charge in [0.1, 0.15) is 0 Å². The van der Waals surface area contributed by atoms with Gasteiger partial charge >= 0.3 is 6.03 Å². The van der Waals surface area contributed by atoms with Crippen LogP contribution in [0.1, 0.15) is 25.7 Å². The average molecular weight is 386 g/mol. The van der Waals surface area contributed by atoms with E-state index in [9.17, 15) is 18.0 Å². The van der Waals surface area contributed by atoms with Crippen molar-refractivity contribution in [2.24, 2.45) is 0 Å². The standard InChI is InChI=1S/C16H20ClN3O4S/c17-10-5-7-11(8-6-10)18-14(21)4-2-1-3-13-15-12(9-25(13,23)24)19-16(22)20-15/h5-8,12-13,15H,1-4,9H2,(H,18,21)(H2,19,20,22). The topological polar surface area (TPSA) is 104 Å². The zero-order valence-corrected chi connectivity index (χ0v) is 15.1. The number of sulfone groups is 1. The van der Waals surface area contributed by atoms with Crippen molar-refractivity contribution < 1.29 is 18.0 Å². The molecule has 3 rings (SSSR count). The van der Waals surface area contributed by atoms with Gasteiger partial charge in [0, 0.05) is 17.1 Å². The maximum Gasteiger partial charge on any atom is 0.315 e. The minimum Gasteiger partial charge on any atom is -0.332 e. The van der Waals surface area contributed by atoms with Crippen LogP contribution < -0.4 is 16.0 Å². The number of benzene rings is 1. The molecule has 1 aromatic rings. The Bertz CT molecular complexity index is 766. The van der Waals surface area contributed by atoms with Gasteiger partial charge in [-0.1, -0.05) is 18.0 Å². The van der Waals surface area contributed by atoms with Crippen molar-refractivity contribution in [2.45, 2.75) is 43.0 Å². The Kier molecular flexibility index (Phi) is 5.19. The van der Waals surface area contributed by atoms with Crippen LogP contribution >= 0.6 is 11.6 Å². The Balaban J connectivity index is 1.44. The van der Waals surface area contributed by atoms with Crippen LogP contribution in [0, 0.1) is 0 Å². The van der Waals surface area contributed by atoms with Crippen molar-refractivity contribution >= 4 is 39.1 Å². The lowest BCUT2D eigenvalue weighted by Crippen LogP contribution is -2.39. The lowest BCUT2D eigenvalue weighted by Gasteiger charge is -2.16. The summed E-state index contributed by atoms with van der Waals surface area (Å²) in [6.07, 6.45) is 1.95. The van der Waals surface area contributed by atoms with Crippen LogP contribution in [0.25, 0.3) is 0 Å². The summed E-state index contributed by atoms with van der Waals surface area (Å²) in [7, 11) is -3.21. The van der Waals surface area contributed by atoms with E-state index < -0.39 is 15.1 Å². The second-order valence-corrected chi connectivity index (χ2v) is 9.12. The van der Waals surface area contributed by atoms with Crippen molar-refractivity contribution in [3.63, 3.8) is 0 Å². The number of urea groups is 1. The molecule has 0 bridgehead atoms. The molecule has 0 saturated carbocycles. The molecule has 0 spiro atoms. The first-order valence-electron chi connectivity index (χ1n) is 8.19. The molecule has 2 aliphatic rings. The molecule has 136 valence electrons. The molecule has 2 aliphatic heterocycles. The number of carbonyl (C=O) groups is 2. The van der Waals surface area contributed by atoms with Gasteiger partial charge in [0.25, 0.3) is 0 Å². The van der Waals surface area contributed by atoms with Gasteiger partial charge in [0.2, 0.25) is 5.91 Å². The van der Waals surface area contributed by atoms with E-state index in [1.54, 1.807) is 24.3 Å². The minimum absolute atomic E-state index is 0.0157. The minimum atomic E-state index is -3.21. The molecule has 3 amide bonds. The number of fused-ring (bicyclic) bond motifs is 1.